The van der Waals surface area contributed by atoms with Crippen molar-refractivity contribution in [2.24, 2.45) is 0 Å². The van der Waals surface area contributed by atoms with Gasteiger partial charge in [0.15, 0.2) is 5.78 Å². The second-order valence-corrected chi connectivity index (χ2v) is 4.73. The highest BCUT2D eigenvalue weighted by atomic mass is 16.5. The van der Waals surface area contributed by atoms with E-state index in [2.05, 4.69) is 37.7 Å². The number of rotatable bonds is 8. The van der Waals surface area contributed by atoms with Crippen molar-refractivity contribution in [2.45, 2.75) is 53.4 Å². The molecule has 0 unspecified atom stereocenters. The Labute approximate surface area is 110 Å². The summed E-state index contributed by atoms with van der Waals surface area (Å²) in [5, 5.41) is 0. The van der Waals surface area contributed by atoms with E-state index in [-0.39, 0.29) is 12.4 Å². The molecule has 0 atom stereocenters. The zero-order valence-electron chi connectivity index (χ0n) is 11.9. The molecule has 0 aromatic rings. The molecule has 0 amide bonds. The molecule has 0 aromatic carbocycles. The van der Waals surface area contributed by atoms with E-state index in [0.29, 0.717) is 6.42 Å². The van der Waals surface area contributed by atoms with Crippen LogP contribution in [0.5, 0.6) is 0 Å². The smallest absolute Gasteiger partial charge is 0.303 e. The molecule has 0 aromatic heterocycles. The van der Waals surface area contributed by atoms with Crippen molar-refractivity contribution >= 4 is 11.8 Å². The zero-order valence-corrected chi connectivity index (χ0v) is 11.9. The Bertz CT molecular complexity index is 334. The van der Waals surface area contributed by atoms with Gasteiger partial charge in [0, 0.05) is 13.3 Å². The van der Waals surface area contributed by atoms with E-state index < -0.39 is 5.97 Å². The molecule has 3 heteroatoms. The quantitative estimate of drug-likeness (QED) is 0.490. The Kier molecular flexibility index (Phi) is 8.89. The van der Waals surface area contributed by atoms with E-state index in [4.69, 9.17) is 0 Å². The summed E-state index contributed by atoms with van der Waals surface area (Å²) in [4.78, 5) is 21.8. The summed E-state index contributed by atoms with van der Waals surface area (Å²) < 4.78 is 4.64. The van der Waals surface area contributed by atoms with Crippen LogP contribution in [0.2, 0.25) is 0 Å². The minimum absolute atomic E-state index is 0.0291. The lowest BCUT2D eigenvalue weighted by atomic mass is 10.1. The van der Waals surface area contributed by atoms with E-state index in [1.54, 1.807) is 0 Å². The standard InChI is InChI=1S/C15H24O3/c1-12(2)7-5-8-13(3)9-6-10-15(17)11-18-14(4)16/h7,9H,5-6,8,10-11H2,1-4H3. The molecule has 0 aliphatic heterocycles. The van der Waals surface area contributed by atoms with Gasteiger partial charge >= 0.3 is 5.97 Å². The average molecular weight is 252 g/mol. The number of allylic oxidation sites excluding steroid dienone is 4. The monoisotopic (exact) mass is 252 g/mol. The van der Waals surface area contributed by atoms with E-state index in [0.717, 1.165) is 19.3 Å². The number of ether oxygens (including phenoxy) is 1. The molecule has 0 N–H and O–H groups in total. The molecule has 0 aliphatic carbocycles. The van der Waals surface area contributed by atoms with Crippen LogP contribution in [-0.2, 0) is 14.3 Å². The van der Waals surface area contributed by atoms with Gasteiger partial charge in [0.2, 0.25) is 0 Å². The first-order chi connectivity index (χ1) is 8.41. The number of hydrogen-bond donors (Lipinski definition) is 0. The molecule has 0 aliphatic rings. The van der Waals surface area contributed by atoms with Crippen molar-refractivity contribution in [3.63, 3.8) is 0 Å². The second-order valence-electron chi connectivity index (χ2n) is 4.73. The third-order valence-corrected chi connectivity index (χ3v) is 2.44. The SMILES string of the molecule is CC(=O)OCC(=O)CCC=C(C)CCC=C(C)C. The van der Waals surface area contributed by atoms with Crippen LogP contribution in [0.3, 0.4) is 0 Å². The van der Waals surface area contributed by atoms with Gasteiger partial charge in [-0.3, -0.25) is 9.59 Å². The maximum Gasteiger partial charge on any atom is 0.303 e. The number of carbonyl (C=O) groups excluding carboxylic acids is 2. The topological polar surface area (TPSA) is 43.4 Å². The normalized spacial score (nSPS) is 11.0. The molecule has 0 bridgehead atoms. The third kappa shape index (κ3) is 11.1. The fraction of sp³-hybridized carbons (Fsp3) is 0.600. The molecule has 102 valence electrons. The van der Waals surface area contributed by atoms with Gasteiger partial charge in [-0.1, -0.05) is 23.3 Å². The Morgan fingerprint density at radius 1 is 0.944 bits per heavy atom. The fourth-order valence-corrected chi connectivity index (χ4v) is 1.42. The van der Waals surface area contributed by atoms with Crippen LogP contribution in [0.1, 0.15) is 53.4 Å². The van der Waals surface area contributed by atoms with Crippen LogP contribution in [0, 0.1) is 0 Å². The predicted octanol–water partition coefficient (Wildman–Crippen LogP) is 3.59. The Morgan fingerprint density at radius 3 is 2.11 bits per heavy atom. The Balaban J connectivity index is 3.76. The lowest BCUT2D eigenvalue weighted by molar-refractivity contribution is -0.145. The van der Waals surface area contributed by atoms with Crippen molar-refractivity contribution in [1.82, 2.24) is 0 Å². The van der Waals surface area contributed by atoms with Gasteiger partial charge in [0.1, 0.15) is 6.61 Å². The van der Waals surface area contributed by atoms with E-state index in [1.807, 2.05) is 0 Å². The molecule has 0 spiro atoms. The van der Waals surface area contributed by atoms with Crippen molar-refractivity contribution in [1.29, 1.82) is 0 Å². The van der Waals surface area contributed by atoms with Gasteiger partial charge in [-0.05, 0) is 40.0 Å². The van der Waals surface area contributed by atoms with E-state index in [1.165, 1.54) is 18.1 Å². The molecular weight excluding hydrogens is 228 g/mol. The molecule has 0 radical (unpaired) electrons. The molecule has 18 heavy (non-hydrogen) atoms. The highest BCUT2D eigenvalue weighted by Crippen LogP contribution is 2.08. The minimum Gasteiger partial charge on any atom is -0.458 e. The highest BCUT2D eigenvalue weighted by Gasteiger charge is 2.02. The number of Topliss-reactive ketones (excluding diaryl/α,β-unsaturated/α-hetero) is 1. The summed E-state index contributed by atoms with van der Waals surface area (Å²) >= 11 is 0. The van der Waals surface area contributed by atoms with Gasteiger partial charge in [0.25, 0.3) is 0 Å². The van der Waals surface area contributed by atoms with Crippen molar-refractivity contribution in [3.8, 4) is 0 Å². The summed E-state index contributed by atoms with van der Waals surface area (Å²) in [6.07, 6.45) is 7.54. The summed E-state index contributed by atoms with van der Waals surface area (Å²) in [5.74, 6) is -0.435. The van der Waals surface area contributed by atoms with Gasteiger partial charge in [-0.2, -0.15) is 0 Å². The predicted molar refractivity (Wildman–Crippen MR) is 73.3 cm³/mol. The molecule has 0 fully saturated rings. The number of hydrogen-bond acceptors (Lipinski definition) is 3. The van der Waals surface area contributed by atoms with Crippen LogP contribution in [0.25, 0.3) is 0 Å². The van der Waals surface area contributed by atoms with Gasteiger partial charge in [-0.25, -0.2) is 0 Å². The molecule has 0 heterocycles. The number of ketones is 1. The Morgan fingerprint density at radius 2 is 1.56 bits per heavy atom. The van der Waals surface area contributed by atoms with Crippen molar-refractivity contribution in [2.75, 3.05) is 6.61 Å². The molecule has 0 rings (SSSR count). The number of esters is 1. The van der Waals surface area contributed by atoms with Crippen LogP contribution in [0.15, 0.2) is 23.3 Å². The lowest BCUT2D eigenvalue weighted by Gasteiger charge is -2.01. The first-order valence-corrected chi connectivity index (χ1v) is 6.36. The van der Waals surface area contributed by atoms with Crippen molar-refractivity contribution in [3.05, 3.63) is 23.3 Å². The maximum atomic E-state index is 11.3. The summed E-state index contributed by atoms with van der Waals surface area (Å²) in [5.41, 5.74) is 2.63. The van der Waals surface area contributed by atoms with Crippen LogP contribution in [-0.4, -0.2) is 18.4 Å². The van der Waals surface area contributed by atoms with Crippen LogP contribution in [0.4, 0.5) is 0 Å². The van der Waals surface area contributed by atoms with Crippen LogP contribution >= 0.6 is 0 Å². The molecule has 3 nitrogen and oxygen atoms in total. The summed E-state index contributed by atoms with van der Waals surface area (Å²) in [7, 11) is 0. The maximum absolute atomic E-state index is 11.3. The summed E-state index contributed by atoms with van der Waals surface area (Å²) in [6.45, 7) is 7.47. The fourth-order valence-electron chi connectivity index (χ4n) is 1.42. The second kappa shape index (κ2) is 9.63. The van der Waals surface area contributed by atoms with E-state index in [9.17, 15) is 9.59 Å². The average Bonchev–Trinajstić information content (AvgIpc) is 2.25. The largest absolute Gasteiger partial charge is 0.458 e. The van der Waals surface area contributed by atoms with Gasteiger partial charge < -0.3 is 4.74 Å². The third-order valence-electron chi connectivity index (χ3n) is 2.44. The van der Waals surface area contributed by atoms with Crippen LogP contribution < -0.4 is 0 Å². The minimum atomic E-state index is -0.406. The lowest BCUT2D eigenvalue weighted by Crippen LogP contribution is -2.10. The summed E-state index contributed by atoms with van der Waals surface area (Å²) in [6, 6.07) is 0. The first kappa shape index (κ1) is 16.6. The van der Waals surface area contributed by atoms with Crippen molar-refractivity contribution < 1.29 is 14.3 Å². The van der Waals surface area contributed by atoms with E-state index >= 15 is 0 Å². The zero-order chi connectivity index (χ0) is 14.0. The highest BCUT2D eigenvalue weighted by molar-refractivity contribution is 5.81. The molecular formula is C15H24O3. The van der Waals surface area contributed by atoms with Gasteiger partial charge in [-0.15, -0.1) is 0 Å². The molecule has 0 saturated heterocycles. The van der Waals surface area contributed by atoms with Gasteiger partial charge in [0.05, 0.1) is 0 Å². The number of carbonyl (C=O) groups is 2. The first-order valence-electron chi connectivity index (χ1n) is 6.36. The molecule has 0 saturated carbocycles. The Hall–Kier alpha value is -1.38.